The number of aryl methyl sites for hydroxylation is 1. The second-order valence-corrected chi connectivity index (χ2v) is 4.56. The minimum atomic E-state index is -0.385. The van der Waals surface area contributed by atoms with Gasteiger partial charge in [-0.1, -0.05) is 6.07 Å². The summed E-state index contributed by atoms with van der Waals surface area (Å²) in [6, 6.07) is 4.80. The van der Waals surface area contributed by atoms with Crippen molar-refractivity contribution in [1.82, 2.24) is 10.2 Å². The van der Waals surface area contributed by atoms with E-state index < -0.39 is 0 Å². The van der Waals surface area contributed by atoms with Gasteiger partial charge in [0.2, 0.25) is 5.91 Å². The number of carbonyl (C=O) groups is 1. The molecule has 1 saturated heterocycles. The van der Waals surface area contributed by atoms with Crippen molar-refractivity contribution in [3.8, 4) is 0 Å². The van der Waals surface area contributed by atoms with Crippen LogP contribution in [0.25, 0.3) is 0 Å². The number of piperazine rings is 1. The summed E-state index contributed by atoms with van der Waals surface area (Å²) in [5.41, 5.74) is 1.09. The van der Waals surface area contributed by atoms with Gasteiger partial charge in [-0.15, -0.1) is 24.8 Å². The number of benzene rings is 1. The van der Waals surface area contributed by atoms with Gasteiger partial charge in [-0.05, 0) is 24.6 Å². The molecule has 1 aliphatic heterocycles. The number of hydrogen-bond donors (Lipinski definition) is 2. The molecule has 2 N–H and O–H groups in total. The predicted octanol–water partition coefficient (Wildman–Crippen LogP) is 1.82. The van der Waals surface area contributed by atoms with Gasteiger partial charge in [-0.25, -0.2) is 4.39 Å². The lowest BCUT2D eigenvalue weighted by Gasteiger charge is -2.26. The van der Waals surface area contributed by atoms with E-state index in [9.17, 15) is 9.18 Å². The second-order valence-electron chi connectivity index (χ2n) is 4.56. The Morgan fingerprint density at radius 1 is 1.35 bits per heavy atom. The van der Waals surface area contributed by atoms with Gasteiger partial charge in [0, 0.05) is 26.2 Å². The number of nitrogens with zero attached hydrogens (tertiary/aromatic N) is 1. The Labute approximate surface area is 130 Å². The average Bonchev–Trinajstić information content (AvgIpc) is 2.34. The SMILES string of the molecule is Cc1ccc(NC(=O)CN2CCNCC2)c(F)c1.Cl.Cl. The van der Waals surface area contributed by atoms with Crippen LogP contribution in [0, 0.1) is 12.7 Å². The Morgan fingerprint density at radius 2 is 2.00 bits per heavy atom. The summed E-state index contributed by atoms with van der Waals surface area (Å²) in [4.78, 5) is 13.8. The zero-order valence-electron chi connectivity index (χ0n) is 11.3. The summed E-state index contributed by atoms with van der Waals surface area (Å²) in [6.07, 6.45) is 0. The van der Waals surface area contributed by atoms with Crippen LogP contribution >= 0.6 is 24.8 Å². The number of hydrogen-bond acceptors (Lipinski definition) is 3. The Hall–Kier alpha value is -0.880. The van der Waals surface area contributed by atoms with E-state index in [1.807, 2.05) is 6.92 Å². The molecule has 0 aromatic heterocycles. The van der Waals surface area contributed by atoms with Crippen molar-refractivity contribution >= 4 is 36.4 Å². The summed E-state index contributed by atoms with van der Waals surface area (Å²) < 4.78 is 13.6. The zero-order valence-corrected chi connectivity index (χ0v) is 13.0. The van der Waals surface area contributed by atoms with E-state index in [1.54, 1.807) is 12.1 Å². The number of halogens is 3. The van der Waals surface area contributed by atoms with Gasteiger partial charge in [0.15, 0.2) is 0 Å². The molecule has 2 rings (SSSR count). The normalized spacial score (nSPS) is 14.9. The molecule has 7 heteroatoms. The maximum absolute atomic E-state index is 13.6. The third kappa shape index (κ3) is 5.63. The van der Waals surface area contributed by atoms with Gasteiger partial charge in [-0.3, -0.25) is 9.69 Å². The molecule has 0 bridgehead atoms. The lowest BCUT2D eigenvalue weighted by atomic mass is 10.2. The van der Waals surface area contributed by atoms with Gasteiger partial charge in [0.05, 0.1) is 12.2 Å². The topological polar surface area (TPSA) is 44.4 Å². The molecule has 1 fully saturated rings. The van der Waals surface area contributed by atoms with Gasteiger partial charge in [-0.2, -0.15) is 0 Å². The molecule has 114 valence electrons. The molecule has 4 nitrogen and oxygen atoms in total. The fraction of sp³-hybridized carbons (Fsp3) is 0.462. The molecule has 1 aromatic rings. The third-order valence-electron chi connectivity index (χ3n) is 2.98. The lowest BCUT2D eigenvalue weighted by molar-refractivity contribution is -0.117. The van der Waals surface area contributed by atoms with Crippen molar-refractivity contribution < 1.29 is 9.18 Å². The second kappa shape index (κ2) is 9.13. The van der Waals surface area contributed by atoms with Crippen molar-refractivity contribution in [2.24, 2.45) is 0 Å². The molecule has 20 heavy (non-hydrogen) atoms. The largest absolute Gasteiger partial charge is 0.322 e. The van der Waals surface area contributed by atoms with E-state index in [2.05, 4.69) is 15.5 Å². The molecule has 1 heterocycles. The Balaban J connectivity index is 0.00000180. The fourth-order valence-electron chi connectivity index (χ4n) is 1.98. The van der Waals surface area contributed by atoms with Crippen molar-refractivity contribution in [3.05, 3.63) is 29.6 Å². The van der Waals surface area contributed by atoms with E-state index in [0.29, 0.717) is 6.54 Å². The van der Waals surface area contributed by atoms with E-state index >= 15 is 0 Å². The summed E-state index contributed by atoms with van der Waals surface area (Å²) in [5, 5.41) is 5.83. The van der Waals surface area contributed by atoms with Crippen LogP contribution in [-0.4, -0.2) is 43.5 Å². The van der Waals surface area contributed by atoms with Crippen LogP contribution in [0.5, 0.6) is 0 Å². The van der Waals surface area contributed by atoms with Gasteiger partial charge in [0.1, 0.15) is 5.82 Å². The first-order valence-corrected chi connectivity index (χ1v) is 6.14. The average molecular weight is 324 g/mol. The van der Waals surface area contributed by atoms with Crippen molar-refractivity contribution in [2.45, 2.75) is 6.92 Å². The van der Waals surface area contributed by atoms with Crippen molar-refractivity contribution in [3.63, 3.8) is 0 Å². The molecule has 0 atom stereocenters. The zero-order chi connectivity index (χ0) is 13.0. The van der Waals surface area contributed by atoms with Crippen molar-refractivity contribution in [1.29, 1.82) is 0 Å². The monoisotopic (exact) mass is 323 g/mol. The highest BCUT2D eigenvalue weighted by Gasteiger charge is 2.14. The Bertz CT molecular complexity index is 440. The van der Waals surface area contributed by atoms with Gasteiger partial charge >= 0.3 is 0 Å². The molecule has 0 aliphatic carbocycles. The molecule has 1 amide bonds. The molecular weight excluding hydrogens is 304 g/mol. The first-order chi connectivity index (χ1) is 8.65. The quantitative estimate of drug-likeness (QED) is 0.891. The molecule has 1 aliphatic rings. The number of nitrogens with one attached hydrogen (secondary N) is 2. The maximum Gasteiger partial charge on any atom is 0.238 e. The maximum atomic E-state index is 13.6. The third-order valence-corrected chi connectivity index (χ3v) is 2.98. The lowest BCUT2D eigenvalue weighted by Crippen LogP contribution is -2.46. The molecule has 0 spiro atoms. The van der Waals surface area contributed by atoms with Crippen molar-refractivity contribution in [2.75, 3.05) is 38.0 Å². The number of rotatable bonds is 3. The summed E-state index contributed by atoms with van der Waals surface area (Å²) >= 11 is 0. The number of amides is 1. The van der Waals surface area contributed by atoms with E-state index in [1.165, 1.54) is 6.07 Å². The predicted molar refractivity (Wildman–Crippen MR) is 83.6 cm³/mol. The highest BCUT2D eigenvalue weighted by Crippen LogP contribution is 2.15. The summed E-state index contributed by atoms with van der Waals surface area (Å²) in [7, 11) is 0. The van der Waals surface area contributed by atoms with E-state index in [4.69, 9.17) is 0 Å². The highest BCUT2D eigenvalue weighted by molar-refractivity contribution is 5.92. The molecule has 1 aromatic carbocycles. The van der Waals surface area contributed by atoms with Crippen LogP contribution in [0.4, 0.5) is 10.1 Å². The standard InChI is InChI=1S/C13H18FN3O.2ClH/c1-10-2-3-12(11(14)8-10)16-13(18)9-17-6-4-15-5-7-17;;/h2-3,8,15H,4-7,9H2,1H3,(H,16,18);2*1H. The Kier molecular flexibility index (Phi) is 8.73. The van der Waals surface area contributed by atoms with Gasteiger partial charge < -0.3 is 10.6 Å². The Morgan fingerprint density at radius 3 is 2.60 bits per heavy atom. The summed E-state index contributed by atoms with van der Waals surface area (Å²) in [6.45, 7) is 5.62. The smallest absolute Gasteiger partial charge is 0.238 e. The van der Waals surface area contributed by atoms with Crippen LogP contribution in [0.15, 0.2) is 18.2 Å². The van der Waals surface area contributed by atoms with Gasteiger partial charge in [0.25, 0.3) is 0 Å². The van der Waals surface area contributed by atoms with E-state index in [-0.39, 0.29) is 42.2 Å². The number of anilines is 1. The van der Waals surface area contributed by atoms with Crippen LogP contribution in [0.1, 0.15) is 5.56 Å². The molecule has 0 unspecified atom stereocenters. The van der Waals surface area contributed by atoms with Crippen LogP contribution in [0.2, 0.25) is 0 Å². The first kappa shape index (κ1) is 19.1. The summed E-state index contributed by atoms with van der Waals surface area (Å²) in [5.74, 6) is -0.552. The van der Waals surface area contributed by atoms with Crippen LogP contribution < -0.4 is 10.6 Å². The molecular formula is C13H20Cl2FN3O. The highest BCUT2D eigenvalue weighted by atomic mass is 35.5. The molecule has 0 saturated carbocycles. The minimum absolute atomic E-state index is 0. The minimum Gasteiger partial charge on any atom is -0.322 e. The van der Waals surface area contributed by atoms with E-state index in [0.717, 1.165) is 31.7 Å². The first-order valence-electron chi connectivity index (χ1n) is 6.14. The van der Waals surface area contributed by atoms with Crippen LogP contribution in [0.3, 0.4) is 0 Å². The van der Waals surface area contributed by atoms with Crippen LogP contribution in [-0.2, 0) is 4.79 Å². The fourth-order valence-corrected chi connectivity index (χ4v) is 1.98. The molecule has 0 radical (unpaired) electrons. The number of carbonyl (C=O) groups excluding carboxylic acids is 1.